The first-order valence-electron chi connectivity index (χ1n) is 7.82. The van der Waals surface area contributed by atoms with Crippen LogP contribution in [0, 0.1) is 17.3 Å². The van der Waals surface area contributed by atoms with Gasteiger partial charge in [0, 0.05) is 13.1 Å². The Morgan fingerprint density at radius 1 is 1.11 bits per heavy atom. The number of likely N-dealkylation sites (N-methyl/N-ethyl adjacent to an activating group) is 1. The summed E-state index contributed by atoms with van der Waals surface area (Å²) in [5.41, 5.74) is 0.516. The van der Waals surface area contributed by atoms with Crippen LogP contribution in [0.15, 0.2) is 0 Å². The van der Waals surface area contributed by atoms with Crippen molar-refractivity contribution in [3.8, 4) is 0 Å². The number of hydrogen-bond donors (Lipinski definition) is 1. The molecule has 1 rings (SSSR count). The van der Waals surface area contributed by atoms with E-state index in [-0.39, 0.29) is 0 Å². The second-order valence-corrected chi connectivity index (χ2v) is 7.18. The van der Waals surface area contributed by atoms with Crippen LogP contribution in [-0.4, -0.2) is 38.1 Å². The largest absolute Gasteiger partial charge is 0.315 e. The molecule has 1 aliphatic carbocycles. The molecule has 0 bridgehead atoms. The lowest BCUT2D eigenvalue weighted by molar-refractivity contribution is 0.148. The predicted molar refractivity (Wildman–Crippen MR) is 80.9 cm³/mol. The first-order valence-corrected chi connectivity index (χ1v) is 7.82. The molecular formula is C16H34N2. The van der Waals surface area contributed by atoms with E-state index in [0.717, 1.165) is 24.9 Å². The van der Waals surface area contributed by atoms with E-state index in [1.54, 1.807) is 0 Å². The lowest BCUT2D eigenvalue weighted by Gasteiger charge is -2.37. The molecule has 0 aliphatic heterocycles. The minimum Gasteiger partial charge on any atom is -0.315 e. The fraction of sp³-hybridized carbons (Fsp3) is 1.00. The molecule has 0 atom stereocenters. The molecule has 108 valence electrons. The van der Waals surface area contributed by atoms with Gasteiger partial charge in [-0.25, -0.2) is 0 Å². The second kappa shape index (κ2) is 7.49. The Hall–Kier alpha value is -0.0800. The highest BCUT2D eigenvalue weighted by Gasteiger charge is 2.29. The van der Waals surface area contributed by atoms with Crippen LogP contribution in [-0.2, 0) is 0 Å². The Morgan fingerprint density at radius 2 is 1.72 bits per heavy atom. The van der Waals surface area contributed by atoms with Gasteiger partial charge in [0.2, 0.25) is 0 Å². The van der Waals surface area contributed by atoms with E-state index < -0.39 is 0 Å². The second-order valence-electron chi connectivity index (χ2n) is 7.18. The minimum absolute atomic E-state index is 0.516. The van der Waals surface area contributed by atoms with Crippen LogP contribution in [0.2, 0.25) is 0 Å². The Kier molecular flexibility index (Phi) is 6.65. The molecule has 1 saturated carbocycles. The van der Waals surface area contributed by atoms with Gasteiger partial charge in [-0.05, 0) is 63.1 Å². The van der Waals surface area contributed by atoms with Gasteiger partial charge in [-0.1, -0.05) is 27.7 Å². The smallest absolute Gasteiger partial charge is 0.0104 e. The minimum atomic E-state index is 0.516. The fourth-order valence-corrected chi connectivity index (χ4v) is 2.97. The third-order valence-corrected chi connectivity index (χ3v) is 4.71. The summed E-state index contributed by atoms with van der Waals surface area (Å²) in [6, 6.07) is 0. The molecular weight excluding hydrogens is 220 g/mol. The first kappa shape index (κ1) is 16.0. The predicted octanol–water partition coefficient (Wildman–Crippen LogP) is 3.38. The van der Waals surface area contributed by atoms with Crippen molar-refractivity contribution >= 4 is 0 Å². The summed E-state index contributed by atoms with van der Waals surface area (Å²) in [7, 11) is 2.19. The molecule has 0 spiro atoms. The van der Waals surface area contributed by atoms with E-state index >= 15 is 0 Å². The highest BCUT2D eigenvalue weighted by atomic mass is 15.1. The molecule has 18 heavy (non-hydrogen) atoms. The third kappa shape index (κ3) is 5.71. The van der Waals surface area contributed by atoms with Crippen molar-refractivity contribution in [3.63, 3.8) is 0 Å². The van der Waals surface area contributed by atoms with Gasteiger partial charge in [0.1, 0.15) is 0 Å². The summed E-state index contributed by atoms with van der Waals surface area (Å²) in [5, 5.41) is 3.63. The van der Waals surface area contributed by atoms with E-state index in [9.17, 15) is 0 Å². The van der Waals surface area contributed by atoms with Gasteiger partial charge in [-0.15, -0.1) is 0 Å². The number of nitrogens with one attached hydrogen (secondary N) is 1. The SMILES string of the molecule is CCN(C)CCNCC1CCC(C(C)(C)C)CC1. The van der Waals surface area contributed by atoms with Crippen molar-refractivity contribution in [2.24, 2.45) is 17.3 Å². The van der Waals surface area contributed by atoms with E-state index in [0.29, 0.717) is 5.41 Å². The van der Waals surface area contributed by atoms with Gasteiger partial charge in [0.25, 0.3) is 0 Å². The summed E-state index contributed by atoms with van der Waals surface area (Å²) in [5.74, 6) is 1.87. The topological polar surface area (TPSA) is 15.3 Å². The maximum absolute atomic E-state index is 3.63. The molecule has 2 heteroatoms. The van der Waals surface area contributed by atoms with E-state index in [1.807, 2.05) is 0 Å². The van der Waals surface area contributed by atoms with Gasteiger partial charge < -0.3 is 10.2 Å². The number of hydrogen-bond acceptors (Lipinski definition) is 2. The molecule has 1 fully saturated rings. The molecule has 0 radical (unpaired) electrons. The summed E-state index contributed by atoms with van der Waals surface area (Å²) in [6.07, 6.45) is 5.73. The molecule has 2 nitrogen and oxygen atoms in total. The molecule has 0 aromatic heterocycles. The van der Waals surface area contributed by atoms with Crippen LogP contribution in [0.5, 0.6) is 0 Å². The molecule has 0 aromatic rings. The van der Waals surface area contributed by atoms with Crippen molar-refractivity contribution in [3.05, 3.63) is 0 Å². The zero-order valence-electron chi connectivity index (χ0n) is 13.3. The van der Waals surface area contributed by atoms with Crippen molar-refractivity contribution in [1.29, 1.82) is 0 Å². The van der Waals surface area contributed by atoms with Crippen LogP contribution in [0.1, 0.15) is 53.4 Å². The molecule has 0 saturated heterocycles. The average molecular weight is 254 g/mol. The summed E-state index contributed by atoms with van der Waals surface area (Å²) < 4.78 is 0. The summed E-state index contributed by atoms with van der Waals surface area (Å²) >= 11 is 0. The monoisotopic (exact) mass is 254 g/mol. The molecule has 0 aromatic carbocycles. The molecule has 0 heterocycles. The van der Waals surface area contributed by atoms with Gasteiger partial charge in [-0.2, -0.15) is 0 Å². The van der Waals surface area contributed by atoms with E-state index in [2.05, 4.69) is 45.0 Å². The highest BCUT2D eigenvalue weighted by Crippen LogP contribution is 2.39. The Labute approximate surface area is 115 Å². The Balaban J connectivity index is 2.09. The van der Waals surface area contributed by atoms with Crippen LogP contribution < -0.4 is 5.32 Å². The van der Waals surface area contributed by atoms with Crippen molar-refractivity contribution in [2.75, 3.05) is 33.2 Å². The van der Waals surface area contributed by atoms with Gasteiger partial charge in [0.05, 0.1) is 0 Å². The van der Waals surface area contributed by atoms with Gasteiger partial charge >= 0.3 is 0 Å². The molecule has 1 N–H and O–H groups in total. The quantitative estimate of drug-likeness (QED) is 0.731. The van der Waals surface area contributed by atoms with Gasteiger partial charge in [0.15, 0.2) is 0 Å². The van der Waals surface area contributed by atoms with Crippen molar-refractivity contribution in [2.45, 2.75) is 53.4 Å². The van der Waals surface area contributed by atoms with Crippen LogP contribution in [0.4, 0.5) is 0 Å². The Morgan fingerprint density at radius 3 is 2.22 bits per heavy atom. The van der Waals surface area contributed by atoms with Gasteiger partial charge in [-0.3, -0.25) is 0 Å². The van der Waals surface area contributed by atoms with E-state index in [1.165, 1.54) is 38.8 Å². The number of nitrogens with zero attached hydrogens (tertiary/aromatic N) is 1. The fourth-order valence-electron chi connectivity index (χ4n) is 2.97. The molecule has 0 unspecified atom stereocenters. The molecule has 1 aliphatic rings. The Bertz CT molecular complexity index is 212. The average Bonchev–Trinajstić information content (AvgIpc) is 2.33. The van der Waals surface area contributed by atoms with Crippen LogP contribution >= 0.6 is 0 Å². The normalized spacial score (nSPS) is 25.7. The molecule has 0 amide bonds. The highest BCUT2D eigenvalue weighted by molar-refractivity contribution is 4.81. The van der Waals surface area contributed by atoms with Crippen molar-refractivity contribution in [1.82, 2.24) is 10.2 Å². The first-order chi connectivity index (χ1) is 8.43. The zero-order chi connectivity index (χ0) is 13.6. The zero-order valence-corrected chi connectivity index (χ0v) is 13.3. The van der Waals surface area contributed by atoms with Crippen LogP contribution in [0.25, 0.3) is 0 Å². The van der Waals surface area contributed by atoms with Crippen LogP contribution in [0.3, 0.4) is 0 Å². The van der Waals surface area contributed by atoms with E-state index in [4.69, 9.17) is 0 Å². The maximum atomic E-state index is 3.63. The lowest BCUT2D eigenvalue weighted by Crippen LogP contribution is -2.34. The summed E-state index contributed by atoms with van der Waals surface area (Å²) in [4.78, 5) is 2.36. The lowest BCUT2D eigenvalue weighted by atomic mass is 9.70. The maximum Gasteiger partial charge on any atom is 0.0104 e. The summed E-state index contributed by atoms with van der Waals surface area (Å²) in [6.45, 7) is 14.1. The third-order valence-electron chi connectivity index (χ3n) is 4.71. The van der Waals surface area contributed by atoms with Crippen molar-refractivity contribution < 1.29 is 0 Å². The standard InChI is InChI=1S/C16H34N2/c1-6-18(5)12-11-17-13-14-7-9-15(10-8-14)16(2,3)4/h14-15,17H,6-13H2,1-5H3. The number of rotatable bonds is 6.